The topological polar surface area (TPSA) is 136 Å². The number of ketones is 1. The van der Waals surface area contributed by atoms with Crippen LogP contribution in [-0.2, 0) is 19.2 Å². The van der Waals surface area contributed by atoms with Crippen LogP contribution in [0.5, 0.6) is 0 Å². The van der Waals surface area contributed by atoms with Gasteiger partial charge >= 0.3 is 0 Å². The number of primary amides is 1. The minimum absolute atomic E-state index is 0.0319. The first-order valence-electron chi connectivity index (χ1n) is 10.2. The van der Waals surface area contributed by atoms with Crippen LogP contribution in [0.3, 0.4) is 0 Å². The molecule has 29 heavy (non-hydrogen) atoms. The Morgan fingerprint density at radius 1 is 1.21 bits per heavy atom. The van der Waals surface area contributed by atoms with Gasteiger partial charge in [-0.3, -0.25) is 19.2 Å². The fourth-order valence-electron chi connectivity index (χ4n) is 3.59. The predicted molar refractivity (Wildman–Crippen MR) is 109 cm³/mol. The molecule has 0 bridgehead atoms. The molecule has 0 radical (unpaired) electrons. The van der Waals surface area contributed by atoms with E-state index in [1.165, 1.54) is 4.90 Å². The van der Waals surface area contributed by atoms with Crippen molar-refractivity contribution in [3.8, 4) is 0 Å². The number of likely N-dealkylation sites (tertiary alicyclic amines) is 1. The molecular weight excluding hydrogens is 372 g/mol. The largest absolute Gasteiger partial charge is 0.363 e. The molecule has 8 nitrogen and oxygen atoms in total. The lowest BCUT2D eigenvalue weighted by Gasteiger charge is -2.33. The summed E-state index contributed by atoms with van der Waals surface area (Å²) in [6.45, 7) is 11.8. The number of nitrogens with one attached hydrogen (secondary N) is 1. The van der Waals surface area contributed by atoms with Crippen molar-refractivity contribution in [1.29, 1.82) is 0 Å². The van der Waals surface area contributed by atoms with Gasteiger partial charge in [-0.15, -0.1) is 0 Å². The predicted octanol–water partition coefficient (Wildman–Crippen LogP) is 0.492. The van der Waals surface area contributed by atoms with Gasteiger partial charge in [0.1, 0.15) is 6.04 Å². The molecule has 2 fully saturated rings. The summed E-state index contributed by atoms with van der Waals surface area (Å²) in [6.07, 6.45) is 2.72. The summed E-state index contributed by atoms with van der Waals surface area (Å²) < 4.78 is 0. The van der Waals surface area contributed by atoms with Crippen LogP contribution in [-0.4, -0.2) is 53.1 Å². The maximum absolute atomic E-state index is 13.1. The minimum Gasteiger partial charge on any atom is -0.363 e. The zero-order valence-electron chi connectivity index (χ0n) is 17.9. The number of amides is 3. The zero-order chi connectivity index (χ0) is 22.1. The van der Waals surface area contributed by atoms with Gasteiger partial charge in [0.15, 0.2) is 0 Å². The second-order valence-electron chi connectivity index (χ2n) is 9.60. The third-order valence-electron chi connectivity index (χ3n) is 5.92. The number of carbonyl (C=O) groups excluding carboxylic acids is 4. The molecule has 5 N–H and O–H groups in total. The molecule has 1 aliphatic heterocycles. The number of hydrogen-bond acceptors (Lipinski definition) is 5. The molecule has 1 aliphatic carbocycles. The number of nitrogens with two attached hydrogens (primary N) is 2. The molecule has 1 unspecified atom stereocenters. The summed E-state index contributed by atoms with van der Waals surface area (Å²) in [4.78, 5) is 51.2. The Morgan fingerprint density at radius 3 is 2.24 bits per heavy atom. The minimum atomic E-state index is -1.06. The van der Waals surface area contributed by atoms with Crippen LogP contribution >= 0.6 is 0 Å². The number of nitrogens with zero attached hydrogens (tertiary/aromatic N) is 1. The van der Waals surface area contributed by atoms with Crippen LogP contribution in [0.25, 0.3) is 0 Å². The number of carbonyl (C=O) groups is 4. The van der Waals surface area contributed by atoms with E-state index >= 15 is 0 Å². The zero-order valence-corrected chi connectivity index (χ0v) is 17.9. The second kappa shape index (κ2) is 8.65. The number of rotatable bonds is 8. The van der Waals surface area contributed by atoms with Crippen LogP contribution in [0.4, 0.5) is 0 Å². The molecule has 0 spiro atoms. The van der Waals surface area contributed by atoms with E-state index < -0.39 is 41.1 Å². The van der Waals surface area contributed by atoms with Gasteiger partial charge in [-0.05, 0) is 37.0 Å². The van der Waals surface area contributed by atoms with Crippen LogP contribution in [0.15, 0.2) is 12.2 Å². The van der Waals surface area contributed by atoms with E-state index in [0.29, 0.717) is 25.3 Å². The van der Waals surface area contributed by atoms with Crippen molar-refractivity contribution < 1.29 is 19.2 Å². The average Bonchev–Trinajstić information content (AvgIpc) is 3.31. The Hall–Kier alpha value is -2.22. The molecular formula is C21H34N4O4. The van der Waals surface area contributed by atoms with Crippen LogP contribution in [0.2, 0.25) is 0 Å². The van der Waals surface area contributed by atoms with Crippen molar-refractivity contribution in [2.75, 3.05) is 6.54 Å². The lowest BCUT2D eigenvalue weighted by molar-refractivity contribution is -0.143. The smallest absolute Gasteiger partial charge is 0.287 e. The standard InChI is InChI=1S/C21H34N4O4/c1-11(2)13-9-15(25(10-13)20(29)17(22)21(3,4)5)19(28)24-14(8-12-6-7-12)16(26)18(23)27/h12-15,17H,1,6-10,22H2,2-5H3,(H2,23,27)(H,24,28)/t13-,14?,15+,17-/m1/s1. The molecule has 2 aliphatic rings. The molecule has 0 aromatic carbocycles. The molecule has 1 saturated carbocycles. The normalized spacial score (nSPS) is 24.0. The first-order chi connectivity index (χ1) is 13.3. The Bertz CT molecular complexity index is 708. The molecule has 162 valence electrons. The summed E-state index contributed by atoms with van der Waals surface area (Å²) in [5, 5.41) is 2.68. The van der Waals surface area contributed by atoms with E-state index in [2.05, 4.69) is 11.9 Å². The highest BCUT2D eigenvalue weighted by Gasteiger charge is 2.44. The number of hydrogen-bond donors (Lipinski definition) is 3. The van der Waals surface area contributed by atoms with E-state index in [1.807, 2.05) is 27.7 Å². The van der Waals surface area contributed by atoms with Crippen molar-refractivity contribution in [2.45, 2.75) is 71.5 Å². The lowest BCUT2D eigenvalue weighted by Crippen LogP contribution is -2.57. The highest BCUT2D eigenvalue weighted by atomic mass is 16.2. The van der Waals surface area contributed by atoms with E-state index in [9.17, 15) is 19.2 Å². The van der Waals surface area contributed by atoms with Gasteiger partial charge in [0.05, 0.1) is 12.1 Å². The van der Waals surface area contributed by atoms with E-state index in [0.717, 1.165) is 18.4 Å². The summed E-state index contributed by atoms with van der Waals surface area (Å²) in [5.41, 5.74) is 11.7. The average molecular weight is 407 g/mol. The molecule has 2 rings (SSSR count). The summed E-state index contributed by atoms with van der Waals surface area (Å²) >= 11 is 0. The fraction of sp³-hybridized carbons (Fsp3) is 0.714. The maximum Gasteiger partial charge on any atom is 0.287 e. The first kappa shape index (κ1) is 23.1. The van der Waals surface area contributed by atoms with Crippen molar-refractivity contribution >= 4 is 23.5 Å². The fourth-order valence-corrected chi connectivity index (χ4v) is 3.59. The van der Waals surface area contributed by atoms with E-state index in [1.54, 1.807) is 0 Å². The highest BCUT2D eigenvalue weighted by molar-refractivity contribution is 6.37. The van der Waals surface area contributed by atoms with Crippen molar-refractivity contribution in [3.63, 3.8) is 0 Å². The summed E-state index contributed by atoms with van der Waals surface area (Å²) in [6, 6.07) is -2.49. The highest BCUT2D eigenvalue weighted by Crippen LogP contribution is 2.34. The van der Waals surface area contributed by atoms with Gasteiger partial charge in [0.2, 0.25) is 17.6 Å². The summed E-state index contributed by atoms with van der Waals surface area (Å²) in [5.74, 6) is -2.35. The Balaban J connectivity index is 2.20. The quantitative estimate of drug-likeness (QED) is 0.398. The lowest BCUT2D eigenvalue weighted by atomic mass is 9.86. The van der Waals surface area contributed by atoms with Crippen molar-refractivity contribution in [2.24, 2.45) is 28.7 Å². The third-order valence-corrected chi connectivity index (χ3v) is 5.92. The molecule has 8 heteroatoms. The van der Waals surface area contributed by atoms with Crippen LogP contribution in [0.1, 0.15) is 53.4 Å². The van der Waals surface area contributed by atoms with Gasteiger partial charge in [0, 0.05) is 6.54 Å². The van der Waals surface area contributed by atoms with Crippen molar-refractivity contribution in [3.05, 3.63) is 12.2 Å². The Morgan fingerprint density at radius 2 is 1.79 bits per heavy atom. The maximum atomic E-state index is 13.1. The van der Waals surface area contributed by atoms with Gasteiger partial charge < -0.3 is 21.7 Å². The van der Waals surface area contributed by atoms with Crippen LogP contribution < -0.4 is 16.8 Å². The number of Topliss-reactive ketones (excluding diaryl/α,β-unsaturated/α-hetero) is 1. The molecule has 0 aromatic heterocycles. The van der Waals surface area contributed by atoms with E-state index in [-0.39, 0.29) is 11.8 Å². The van der Waals surface area contributed by atoms with Crippen molar-refractivity contribution in [1.82, 2.24) is 10.2 Å². The molecule has 3 amide bonds. The second-order valence-corrected chi connectivity index (χ2v) is 9.60. The van der Waals surface area contributed by atoms with Gasteiger partial charge in [0.25, 0.3) is 5.91 Å². The SMILES string of the molecule is C=C(C)[C@@H]1C[C@@H](C(=O)NC(CC2CC2)C(=O)C(N)=O)N(C(=O)[C@@H](N)C(C)(C)C)C1. The van der Waals surface area contributed by atoms with Gasteiger partial charge in [-0.1, -0.05) is 45.8 Å². The third kappa shape index (κ3) is 5.65. The molecule has 1 heterocycles. The van der Waals surface area contributed by atoms with Gasteiger partial charge in [-0.25, -0.2) is 0 Å². The first-order valence-corrected chi connectivity index (χ1v) is 10.2. The van der Waals surface area contributed by atoms with Crippen LogP contribution in [0, 0.1) is 17.3 Å². The van der Waals surface area contributed by atoms with Gasteiger partial charge in [-0.2, -0.15) is 0 Å². The molecule has 4 atom stereocenters. The van der Waals surface area contributed by atoms with E-state index in [4.69, 9.17) is 11.5 Å². The summed E-state index contributed by atoms with van der Waals surface area (Å²) in [7, 11) is 0. The monoisotopic (exact) mass is 406 g/mol. The molecule has 1 saturated heterocycles. The molecule has 0 aromatic rings. The Labute approximate surface area is 172 Å². The Kier molecular flexibility index (Phi) is 6.88.